The summed E-state index contributed by atoms with van der Waals surface area (Å²) in [6.07, 6.45) is 14.9. The molecule has 0 N–H and O–H groups in total. The highest BCUT2D eigenvalue weighted by Gasteiger charge is 2.19. The standard InChI is InChI=1S/C14H22/c1-12(13-8-4-2-5-9-13)14-10-6-3-7-11-14/h8,14H,1-7,9-11H2. The molecule has 0 amide bonds. The Morgan fingerprint density at radius 1 is 1.07 bits per heavy atom. The third kappa shape index (κ3) is 2.29. The molecular formula is C14H22. The molecule has 0 spiro atoms. The van der Waals surface area contributed by atoms with Gasteiger partial charge in [0.2, 0.25) is 0 Å². The third-order valence-electron chi connectivity index (χ3n) is 3.80. The minimum atomic E-state index is 0.827. The van der Waals surface area contributed by atoms with Gasteiger partial charge in [0.25, 0.3) is 0 Å². The number of hydrogen-bond donors (Lipinski definition) is 0. The molecule has 0 unspecified atom stereocenters. The van der Waals surface area contributed by atoms with Crippen LogP contribution in [0.25, 0.3) is 0 Å². The lowest BCUT2D eigenvalue weighted by Gasteiger charge is -2.26. The molecule has 0 saturated heterocycles. The molecule has 0 aromatic rings. The van der Waals surface area contributed by atoms with Gasteiger partial charge in [0.1, 0.15) is 0 Å². The van der Waals surface area contributed by atoms with Crippen LogP contribution in [0.5, 0.6) is 0 Å². The lowest BCUT2D eigenvalue weighted by molar-refractivity contribution is 0.404. The average molecular weight is 190 g/mol. The summed E-state index contributed by atoms with van der Waals surface area (Å²) in [4.78, 5) is 0. The smallest absolute Gasteiger partial charge is 0.0165 e. The van der Waals surface area contributed by atoms with Crippen molar-refractivity contribution in [3.8, 4) is 0 Å². The molecule has 2 aliphatic carbocycles. The maximum absolute atomic E-state index is 4.33. The summed E-state index contributed by atoms with van der Waals surface area (Å²) >= 11 is 0. The molecule has 2 rings (SSSR count). The fraction of sp³-hybridized carbons (Fsp3) is 0.714. The first-order chi connectivity index (χ1) is 6.88. The second-order valence-corrected chi connectivity index (χ2v) is 4.84. The van der Waals surface area contributed by atoms with Gasteiger partial charge in [-0.25, -0.2) is 0 Å². The second kappa shape index (κ2) is 4.82. The van der Waals surface area contributed by atoms with Gasteiger partial charge in [0.05, 0.1) is 0 Å². The van der Waals surface area contributed by atoms with Crippen molar-refractivity contribution < 1.29 is 0 Å². The van der Waals surface area contributed by atoms with E-state index in [0.29, 0.717) is 0 Å². The first-order valence-corrected chi connectivity index (χ1v) is 6.26. The minimum absolute atomic E-state index is 0.827. The maximum Gasteiger partial charge on any atom is -0.0165 e. The lowest BCUT2D eigenvalue weighted by atomic mass is 9.79. The lowest BCUT2D eigenvalue weighted by Crippen LogP contribution is -2.11. The molecule has 0 atom stereocenters. The van der Waals surface area contributed by atoms with E-state index in [1.165, 1.54) is 63.4 Å². The summed E-state index contributed by atoms with van der Waals surface area (Å²) in [5.74, 6) is 0.827. The van der Waals surface area contributed by atoms with Crippen LogP contribution in [0.2, 0.25) is 0 Å². The summed E-state index contributed by atoms with van der Waals surface area (Å²) in [5.41, 5.74) is 3.09. The van der Waals surface area contributed by atoms with Gasteiger partial charge in [-0.2, -0.15) is 0 Å². The van der Waals surface area contributed by atoms with Gasteiger partial charge in [-0.1, -0.05) is 31.9 Å². The van der Waals surface area contributed by atoms with E-state index in [1.807, 2.05) is 0 Å². The van der Waals surface area contributed by atoms with E-state index < -0.39 is 0 Å². The Morgan fingerprint density at radius 3 is 2.50 bits per heavy atom. The zero-order valence-corrected chi connectivity index (χ0v) is 9.23. The van der Waals surface area contributed by atoms with Gasteiger partial charge in [-0.15, -0.1) is 0 Å². The summed E-state index contributed by atoms with van der Waals surface area (Å²) in [5, 5.41) is 0. The third-order valence-corrected chi connectivity index (χ3v) is 3.80. The van der Waals surface area contributed by atoms with Crippen molar-refractivity contribution in [3.05, 3.63) is 23.8 Å². The monoisotopic (exact) mass is 190 g/mol. The van der Waals surface area contributed by atoms with Crippen LogP contribution in [0.15, 0.2) is 23.8 Å². The molecule has 0 aromatic carbocycles. The van der Waals surface area contributed by atoms with Crippen LogP contribution in [0.1, 0.15) is 57.8 Å². The van der Waals surface area contributed by atoms with E-state index >= 15 is 0 Å². The van der Waals surface area contributed by atoms with Crippen molar-refractivity contribution in [3.63, 3.8) is 0 Å². The Bertz CT molecular complexity index is 228. The van der Waals surface area contributed by atoms with Gasteiger partial charge in [0, 0.05) is 0 Å². The SMILES string of the molecule is C=C(C1=CCCCC1)C1CCCCC1. The highest BCUT2D eigenvalue weighted by molar-refractivity contribution is 5.31. The molecule has 0 aromatic heterocycles. The second-order valence-electron chi connectivity index (χ2n) is 4.84. The van der Waals surface area contributed by atoms with Crippen LogP contribution in [0.3, 0.4) is 0 Å². The summed E-state index contributed by atoms with van der Waals surface area (Å²) < 4.78 is 0. The molecule has 1 saturated carbocycles. The first-order valence-electron chi connectivity index (χ1n) is 6.26. The Kier molecular flexibility index (Phi) is 3.44. The Labute approximate surface area is 88.1 Å². The highest BCUT2D eigenvalue weighted by atomic mass is 14.2. The van der Waals surface area contributed by atoms with E-state index in [-0.39, 0.29) is 0 Å². The summed E-state index contributed by atoms with van der Waals surface area (Å²) in [6.45, 7) is 4.33. The summed E-state index contributed by atoms with van der Waals surface area (Å²) in [7, 11) is 0. The highest BCUT2D eigenvalue weighted by Crippen LogP contribution is 2.35. The van der Waals surface area contributed by atoms with Crippen molar-refractivity contribution in [2.24, 2.45) is 5.92 Å². The Hall–Kier alpha value is -0.520. The van der Waals surface area contributed by atoms with Gasteiger partial charge < -0.3 is 0 Å². The molecule has 1 fully saturated rings. The van der Waals surface area contributed by atoms with Crippen LogP contribution >= 0.6 is 0 Å². The minimum Gasteiger partial charge on any atom is -0.0953 e. The molecule has 2 aliphatic rings. The van der Waals surface area contributed by atoms with Gasteiger partial charge in [-0.05, 0) is 55.6 Å². The summed E-state index contributed by atoms with van der Waals surface area (Å²) in [6, 6.07) is 0. The number of allylic oxidation sites excluding steroid dienone is 3. The quantitative estimate of drug-likeness (QED) is 0.596. The van der Waals surface area contributed by atoms with Crippen molar-refractivity contribution in [1.29, 1.82) is 0 Å². The van der Waals surface area contributed by atoms with E-state index in [4.69, 9.17) is 0 Å². The van der Waals surface area contributed by atoms with E-state index in [2.05, 4.69) is 12.7 Å². The fourth-order valence-electron chi connectivity index (χ4n) is 2.84. The molecule has 0 bridgehead atoms. The average Bonchev–Trinajstić information content (AvgIpc) is 2.30. The Balaban J connectivity index is 1.95. The molecule has 0 heterocycles. The molecule has 0 nitrogen and oxygen atoms in total. The van der Waals surface area contributed by atoms with Crippen molar-refractivity contribution >= 4 is 0 Å². The normalized spacial score (nSPS) is 24.4. The van der Waals surface area contributed by atoms with Crippen LogP contribution in [-0.4, -0.2) is 0 Å². The van der Waals surface area contributed by atoms with E-state index in [1.54, 1.807) is 5.57 Å². The zero-order chi connectivity index (χ0) is 9.80. The van der Waals surface area contributed by atoms with Gasteiger partial charge >= 0.3 is 0 Å². The van der Waals surface area contributed by atoms with Crippen LogP contribution < -0.4 is 0 Å². The fourth-order valence-corrected chi connectivity index (χ4v) is 2.84. The predicted octanol–water partition coefficient (Wildman–Crippen LogP) is 4.62. The first kappa shape index (κ1) is 10.0. The molecule has 0 aliphatic heterocycles. The molecule has 0 radical (unpaired) electrons. The van der Waals surface area contributed by atoms with Crippen LogP contribution in [0, 0.1) is 5.92 Å². The molecular weight excluding hydrogens is 168 g/mol. The predicted molar refractivity (Wildman–Crippen MR) is 62.3 cm³/mol. The molecule has 0 heteroatoms. The van der Waals surface area contributed by atoms with Crippen LogP contribution in [0.4, 0.5) is 0 Å². The Morgan fingerprint density at radius 2 is 1.86 bits per heavy atom. The number of hydrogen-bond acceptors (Lipinski definition) is 0. The van der Waals surface area contributed by atoms with E-state index in [0.717, 1.165) is 5.92 Å². The zero-order valence-electron chi connectivity index (χ0n) is 9.23. The van der Waals surface area contributed by atoms with E-state index in [9.17, 15) is 0 Å². The van der Waals surface area contributed by atoms with Gasteiger partial charge in [0.15, 0.2) is 0 Å². The van der Waals surface area contributed by atoms with Crippen molar-refractivity contribution in [1.82, 2.24) is 0 Å². The van der Waals surface area contributed by atoms with Crippen molar-refractivity contribution in [2.45, 2.75) is 57.8 Å². The maximum atomic E-state index is 4.33. The topological polar surface area (TPSA) is 0 Å². The molecule has 14 heavy (non-hydrogen) atoms. The molecule has 78 valence electrons. The largest absolute Gasteiger partial charge is 0.0953 e. The van der Waals surface area contributed by atoms with Gasteiger partial charge in [-0.3, -0.25) is 0 Å². The van der Waals surface area contributed by atoms with Crippen LogP contribution in [-0.2, 0) is 0 Å². The van der Waals surface area contributed by atoms with Crippen molar-refractivity contribution in [2.75, 3.05) is 0 Å². The number of rotatable bonds is 2.